The Labute approximate surface area is 188 Å². The second kappa shape index (κ2) is 13.1. The number of guanidine groups is 1. The highest BCUT2D eigenvalue weighted by Crippen LogP contribution is 2.27. The Morgan fingerprint density at radius 2 is 2.00 bits per heavy atom. The van der Waals surface area contributed by atoms with Gasteiger partial charge in [-0.15, -0.1) is 30.4 Å². The molecule has 8 heteroatoms. The summed E-state index contributed by atoms with van der Waals surface area (Å²) in [6.45, 7) is 1.50. The van der Waals surface area contributed by atoms with Gasteiger partial charge in [0.2, 0.25) is 0 Å². The maximum Gasteiger partial charge on any atom is 0.191 e. The molecule has 150 valence electrons. The van der Waals surface area contributed by atoms with Crippen LogP contribution in [0.3, 0.4) is 0 Å². The second-order valence-corrected chi connectivity index (χ2v) is 5.96. The van der Waals surface area contributed by atoms with Gasteiger partial charge >= 0.3 is 0 Å². The van der Waals surface area contributed by atoms with E-state index in [1.165, 1.54) is 0 Å². The Morgan fingerprint density at radius 3 is 2.64 bits per heavy atom. The molecule has 0 aliphatic rings. The predicted molar refractivity (Wildman–Crippen MR) is 124 cm³/mol. The van der Waals surface area contributed by atoms with E-state index in [0.29, 0.717) is 29.2 Å². The topological polar surface area (TPSA) is 67.8 Å². The summed E-state index contributed by atoms with van der Waals surface area (Å²) in [6, 6.07) is 9.46. The van der Waals surface area contributed by atoms with Crippen LogP contribution in [-0.2, 0) is 13.0 Å². The van der Waals surface area contributed by atoms with Gasteiger partial charge in [0.05, 0.1) is 7.11 Å². The van der Waals surface area contributed by atoms with Crippen molar-refractivity contribution in [2.24, 2.45) is 4.99 Å². The van der Waals surface area contributed by atoms with E-state index in [1.807, 2.05) is 24.3 Å². The summed E-state index contributed by atoms with van der Waals surface area (Å²) in [5, 5.41) is 7.03. The van der Waals surface area contributed by atoms with Crippen LogP contribution in [0.4, 0.5) is 0 Å². The molecule has 0 saturated heterocycles. The number of hydrogen-bond acceptors (Lipinski definition) is 4. The van der Waals surface area contributed by atoms with E-state index in [1.54, 1.807) is 26.4 Å². The first kappa shape index (κ1) is 23.9. The zero-order chi connectivity index (χ0) is 19.5. The van der Waals surface area contributed by atoms with E-state index in [9.17, 15) is 0 Å². The minimum atomic E-state index is 0. The second-order valence-electron chi connectivity index (χ2n) is 5.57. The molecule has 1 aromatic carbocycles. The number of pyridine rings is 1. The van der Waals surface area contributed by atoms with Gasteiger partial charge in [0.25, 0.3) is 0 Å². The molecule has 6 nitrogen and oxygen atoms in total. The minimum Gasteiger partial charge on any atom is -0.493 e. The molecule has 28 heavy (non-hydrogen) atoms. The highest BCUT2D eigenvalue weighted by atomic mass is 127. The van der Waals surface area contributed by atoms with Crippen LogP contribution in [0.25, 0.3) is 0 Å². The van der Waals surface area contributed by atoms with Crippen molar-refractivity contribution < 1.29 is 9.47 Å². The van der Waals surface area contributed by atoms with Gasteiger partial charge in [-0.05, 0) is 35.7 Å². The molecule has 2 rings (SSSR count). The smallest absolute Gasteiger partial charge is 0.191 e. The van der Waals surface area contributed by atoms with Gasteiger partial charge in [-0.2, -0.15) is 0 Å². The summed E-state index contributed by atoms with van der Waals surface area (Å²) in [6.07, 6.45) is 7.85. The number of nitrogens with zero attached hydrogens (tertiary/aromatic N) is 2. The van der Waals surface area contributed by atoms with Gasteiger partial charge in [0.1, 0.15) is 11.8 Å². The first-order valence-corrected chi connectivity index (χ1v) is 8.82. The van der Waals surface area contributed by atoms with E-state index in [-0.39, 0.29) is 30.6 Å². The number of halogens is 2. The van der Waals surface area contributed by atoms with Crippen molar-refractivity contribution in [2.75, 3.05) is 27.3 Å². The van der Waals surface area contributed by atoms with E-state index in [4.69, 9.17) is 27.5 Å². The van der Waals surface area contributed by atoms with Crippen molar-refractivity contribution in [2.45, 2.75) is 13.0 Å². The van der Waals surface area contributed by atoms with Crippen LogP contribution >= 0.6 is 35.6 Å². The van der Waals surface area contributed by atoms with Crippen LogP contribution in [0.5, 0.6) is 11.5 Å². The van der Waals surface area contributed by atoms with Gasteiger partial charge in [-0.3, -0.25) is 4.99 Å². The quantitative estimate of drug-likeness (QED) is 0.186. The van der Waals surface area contributed by atoms with Crippen LogP contribution < -0.4 is 20.1 Å². The number of benzene rings is 1. The highest BCUT2D eigenvalue weighted by molar-refractivity contribution is 14.0. The third kappa shape index (κ3) is 7.82. The molecule has 0 saturated carbocycles. The lowest BCUT2D eigenvalue weighted by Crippen LogP contribution is -2.37. The molecule has 0 amide bonds. The Morgan fingerprint density at radius 1 is 1.21 bits per heavy atom. The van der Waals surface area contributed by atoms with Crippen molar-refractivity contribution >= 4 is 41.5 Å². The molecular weight excluding hydrogens is 491 g/mol. The molecule has 2 aromatic rings. The molecule has 0 fully saturated rings. The first-order valence-electron chi connectivity index (χ1n) is 8.44. The Kier molecular flexibility index (Phi) is 11.1. The molecule has 0 spiro atoms. The van der Waals surface area contributed by atoms with Crippen molar-refractivity contribution in [1.29, 1.82) is 0 Å². The summed E-state index contributed by atoms with van der Waals surface area (Å²) in [4.78, 5) is 8.30. The zero-order valence-electron chi connectivity index (χ0n) is 15.9. The lowest BCUT2D eigenvalue weighted by atomic mass is 10.2. The summed E-state index contributed by atoms with van der Waals surface area (Å²) >= 11 is 5.79. The Bertz CT molecular complexity index is 807. The Hall–Kier alpha value is -2.18. The number of aromatic nitrogens is 1. The van der Waals surface area contributed by atoms with Crippen molar-refractivity contribution in [3.8, 4) is 23.8 Å². The molecule has 0 bridgehead atoms. The Balaban J connectivity index is 0.00000392. The van der Waals surface area contributed by atoms with Gasteiger partial charge < -0.3 is 20.1 Å². The van der Waals surface area contributed by atoms with E-state index >= 15 is 0 Å². The van der Waals surface area contributed by atoms with Gasteiger partial charge in [-0.25, -0.2) is 4.98 Å². The van der Waals surface area contributed by atoms with E-state index < -0.39 is 0 Å². The summed E-state index contributed by atoms with van der Waals surface area (Å²) in [7, 11) is 3.33. The molecule has 0 atom stereocenters. The molecule has 0 aliphatic carbocycles. The maximum atomic E-state index is 5.79. The lowest BCUT2D eigenvalue weighted by molar-refractivity contribution is 0.330. The van der Waals surface area contributed by atoms with Gasteiger partial charge in [0.15, 0.2) is 17.5 Å². The number of methoxy groups -OCH3 is 1. The summed E-state index contributed by atoms with van der Waals surface area (Å²) in [5.74, 6) is 4.42. The number of nitrogens with one attached hydrogen (secondary N) is 2. The van der Waals surface area contributed by atoms with Crippen molar-refractivity contribution in [3.05, 3.63) is 52.8 Å². The average Bonchev–Trinajstić information content (AvgIpc) is 2.70. The van der Waals surface area contributed by atoms with Gasteiger partial charge in [0, 0.05) is 26.3 Å². The predicted octanol–water partition coefficient (Wildman–Crippen LogP) is 3.28. The zero-order valence-corrected chi connectivity index (χ0v) is 19.0. The van der Waals surface area contributed by atoms with E-state index in [0.717, 1.165) is 24.1 Å². The highest BCUT2D eigenvalue weighted by Gasteiger charge is 2.06. The molecular formula is C20H24ClIN4O2. The lowest BCUT2D eigenvalue weighted by Gasteiger charge is -2.14. The van der Waals surface area contributed by atoms with Crippen LogP contribution in [-0.4, -0.2) is 38.3 Å². The van der Waals surface area contributed by atoms with Crippen LogP contribution in [0, 0.1) is 12.3 Å². The third-order valence-electron chi connectivity index (χ3n) is 3.72. The largest absolute Gasteiger partial charge is 0.493 e. The fourth-order valence-electron chi connectivity index (χ4n) is 2.35. The fourth-order valence-corrected chi connectivity index (χ4v) is 2.46. The number of aliphatic imine (C=N–C) groups is 1. The molecule has 2 N–H and O–H groups in total. The number of terminal acetylenes is 1. The molecule has 1 heterocycles. The third-order valence-corrected chi connectivity index (χ3v) is 3.94. The van der Waals surface area contributed by atoms with Crippen molar-refractivity contribution in [3.63, 3.8) is 0 Å². The van der Waals surface area contributed by atoms with Crippen molar-refractivity contribution in [1.82, 2.24) is 15.6 Å². The maximum absolute atomic E-state index is 5.79. The number of hydrogen-bond donors (Lipinski definition) is 2. The SMILES string of the molecule is C#CCOc1cc(CNC(=NC)NCCc2ccc(Cl)nc2)ccc1OC.I. The van der Waals surface area contributed by atoms with E-state index in [2.05, 4.69) is 26.5 Å². The first-order chi connectivity index (χ1) is 13.2. The normalized spacial score (nSPS) is 10.4. The molecule has 0 radical (unpaired) electrons. The van der Waals surface area contributed by atoms with Gasteiger partial charge in [-0.1, -0.05) is 29.7 Å². The minimum absolute atomic E-state index is 0. The number of ether oxygens (including phenoxy) is 2. The number of rotatable bonds is 8. The summed E-state index contributed by atoms with van der Waals surface area (Å²) in [5.41, 5.74) is 2.13. The van der Waals surface area contributed by atoms with Crippen LogP contribution in [0.1, 0.15) is 11.1 Å². The summed E-state index contributed by atoms with van der Waals surface area (Å²) < 4.78 is 10.8. The fraction of sp³-hybridized carbons (Fsp3) is 0.300. The standard InChI is InChI=1S/C20H23ClN4O2.HI/c1-4-11-27-18-12-16(5-7-17(18)26-3)14-25-20(22-2)23-10-9-15-6-8-19(21)24-13-15;/h1,5-8,12-13H,9-11,14H2,2-3H3,(H2,22,23,25);1H. The van der Waals surface area contributed by atoms with Crippen LogP contribution in [0.15, 0.2) is 41.5 Å². The monoisotopic (exact) mass is 514 g/mol. The molecule has 1 aromatic heterocycles. The van der Waals surface area contributed by atoms with Crippen LogP contribution in [0.2, 0.25) is 5.15 Å². The molecule has 0 aliphatic heterocycles. The average molecular weight is 515 g/mol. The molecule has 0 unspecified atom stereocenters.